The van der Waals surface area contributed by atoms with Crippen LogP contribution in [0.15, 0.2) is 0 Å². The van der Waals surface area contributed by atoms with Crippen molar-refractivity contribution in [2.75, 3.05) is 19.7 Å². The van der Waals surface area contributed by atoms with E-state index in [9.17, 15) is 9.59 Å². The first-order valence-corrected chi connectivity index (χ1v) is 5.63. The molecule has 0 saturated carbocycles. The number of rotatable bonds is 3. The Kier molecular flexibility index (Phi) is 3.61. The van der Waals surface area contributed by atoms with E-state index in [1.54, 1.807) is 5.06 Å². The lowest BCUT2D eigenvalue weighted by Gasteiger charge is -2.15. The molecule has 90 valence electrons. The van der Waals surface area contributed by atoms with Gasteiger partial charge in [-0.25, -0.2) is 4.79 Å². The molecule has 0 spiro atoms. The first-order valence-electron chi connectivity index (χ1n) is 5.63. The molecule has 2 heterocycles. The highest BCUT2D eigenvalue weighted by atomic mass is 16.8. The maximum absolute atomic E-state index is 11.2. The number of hydroxylamine groups is 2. The van der Waals surface area contributed by atoms with E-state index in [4.69, 9.17) is 9.57 Å². The molecular formula is C10H16N2O4. The van der Waals surface area contributed by atoms with E-state index in [-0.39, 0.29) is 18.6 Å². The number of hydrogen-bond acceptors (Lipinski definition) is 5. The summed E-state index contributed by atoms with van der Waals surface area (Å²) in [5, 5.41) is 4.32. The lowest BCUT2D eigenvalue weighted by Crippen LogP contribution is -2.32. The fourth-order valence-electron chi connectivity index (χ4n) is 1.88. The van der Waals surface area contributed by atoms with Gasteiger partial charge in [-0.3, -0.25) is 4.79 Å². The summed E-state index contributed by atoms with van der Waals surface area (Å²) >= 11 is 0. The van der Waals surface area contributed by atoms with E-state index in [1.807, 2.05) is 0 Å². The summed E-state index contributed by atoms with van der Waals surface area (Å²) in [5.41, 5.74) is 0. The Bertz CT molecular complexity index is 276. The fraction of sp³-hybridized carbons (Fsp3) is 0.800. The Morgan fingerprint density at radius 3 is 2.81 bits per heavy atom. The first kappa shape index (κ1) is 11.2. The molecule has 6 heteroatoms. The highest BCUT2D eigenvalue weighted by Gasteiger charge is 2.23. The minimum atomic E-state index is -0.678. The van der Waals surface area contributed by atoms with E-state index in [0.717, 1.165) is 32.4 Å². The molecule has 1 N–H and O–H groups in total. The van der Waals surface area contributed by atoms with E-state index >= 15 is 0 Å². The lowest BCUT2D eigenvalue weighted by atomic mass is 10.2. The van der Waals surface area contributed by atoms with Gasteiger partial charge in [0, 0.05) is 19.5 Å². The van der Waals surface area contributed by atoms with Crippen LogP contribution in [0.2, 0.25) is 0 Å². The Balaban J connectivity index is 1.61. The monoisotopic (exact) mass is 228 g/mol. The molecule has 16 heavy (non-hydrogen) atoms. The molecule has 0 radical (unpaired) electrons. The second-order valence-corrected chi connectivity index (χ2v) is 4.09. The number of carbonyl (C=O) groups is 2. The summed E-state index contributed by atoms with van der Waals surface area (Å²) in [5.74, 6) is 0.0153. The van der Waals surface area contributed by atoms with Crippen LogP contribution in [0.25, 0.3) is 0 Å². The van der Waals surface area contributed by atoms with Crippen LogP contribution >= 0.6 is 0 Å². The number of nitrogens with one attached hydrogen (secondary N) is 1. The maximum atomic E-state index is 11.2. The topological polar surface area (TPSA) is 67.9 Å². The standard InChI is InChI=1S/C10H16N2O4/c13-9-4-3-8(11-9)7-15-10(14)16-12-5-1-2-6-12/h8H,1-7H2,(H,11,13)/t8-/m0/s1. The van der Waals surface area contributed by atoms with Crippen LogP contribution < -0.4 is 5.32 Å². The largest absolute Gasteiger partial charge is 0.527 e. The molecular weight excluding hydrogens is 212 g/mol. The lowest BCUT2D eigenvalue weighted by molar-refractivity contribution is -0.120. The number of ether oxygens (including phenoxy) is 1. The Hall–Kier alpha value is -1.30. The molecule has 0 aromatic carbocycles. The number of nitrogens with zero attached hydrogens (tertiary/aromatic N) is 1. The molecule has 2 aliphatic rings. The van der Waals surface area contributed by atoms with E-state index < -0.39 is 6.16 Å². The minimum Gasteiger partial charge on any atom is -0.431 e. The van der Waals surface area contributed by atoms with Crippen molar-refractivity contribution in [2.24, 2.45) is 0 Å². The summed E-state index contributed by atoms with van der Waals surface area (Å²) in [6.07, 6.45) is 2.64. The van der Waals surface area contributed by atoms with E-state index in [0.29, 0.717) is 6.42 Å². The van der Waals surface area contributed by atoms with Gasteiger partial charge in [-0.2, -0.15) is 0 Å². The van der Waals surface area contributed by atoms with Crippen molar-refractivity contribution >= 4 is 12.1 Å². The van der Waals surface area contributed by atoms with Crippen LogP contribution in [0.3, 0.4) is 0 Å². The summed E-state index contributed by atoms with van der Waals surface area (Å²) in [6.45, 7) is 1.74. The first-order chi connectivity index (χ1) is 7.74. The van der Waals surface area contributed by atoms with Gasteiger partial charge in [0.15, 0.2) is 0 Å². The van der Waals surface area contributed by atoms with E-state index in [1.165, 1.54) is 0 Å². The summed E-state index contributed by atoms with van der Waals surface area (Å²) in [6, 6.07) is -0.0568. The third-order valence-electron chi connectivity index (χ3n) is 2.76. The zero-order valence-electron chi connectivity index (χ0n) is 9.11. The summed E-state index contributed by atoms with van der Waals surface area (Å²) in [4.78, 5) is 27.1. The Morgan fingerprint density at radius 2 is 2.19 bits per heavy atom. The van der Waals surface area contributed by atoms with Gasteiger partial charge < -0.3 is 14.9 Å². The molecule has 2 saturated heterocycles. The number of amides is 1. The van der Waals surface area contributed by atoms with E-state index in [2.05, 4.69) is 5.32 Å². The second-order valence-electron chi connectivity index (χ2n) is 4.09. The van der Waals surface area contributed by atoms with Crippen molar-refractivity contribution in [3.63, 3.8) is 0 Å². The molecule has 1 atom stereocenters. The molecule has 2 rings (SSSR count). The third-order valence-corrected chi connectivity index (χ3v) is 2.76. The smallest absolute Gasteiger partial charge is 0.431 e. The van der Waals surface area contributed by atoms with Gasteiger partial charge in [0.05, 0.1) is 6.04 Å². The van der Waals surface area contributed by atoms with Gasteiger partial charge in [-0.1, -0.05) is 0 Å². The van der Waals surface area contributed by atoms with Crippen LogP contribution in [0.4, 0.5) is 4.79 Å². The van der Waals surface area contributed by atoms with Crippen molar-refractivity contribution in [1.82, 2.24) is 10.4 Å². The third kappa shape index (κ3) is 3.10. The van der Waals surface area contributed by atoms with Crippen LogP contribution in [-0.4, -0.2) is 42.9 Å². The molecule has 0 aromatic heterocycles. The zero-order chi connectivity index (χ0) is 11.4. The highest BCUT2D eigenvalue weighted by Crippen LogP contribution is 2.10. The quantitative estimate of drug-likeness (QED) is 0.709. The molecule has 2 aliphatic heterocycles. The van der Waals surface area contributed by atoms with Crippen LogP contribution in [-0.2, 0) is 14.4 Å². The van der Waals surface area contributed by atoms with Crippen molar-refractivity contribution < 1.29 is 19.2 Å². The normalized spacial score (nSPS) is 25.5. The fourth-order valence-corrected chi connectivity index (χ4v) is 1.88. The van der Waals surface area contributed by atoms with Crippen LogP contribution in [0, 0.1) is 0 Å². The maximum Gasteiger partial charge on any atom is 0.527 e. The predicted molar refractivity (Wildman–Crippen MR) is 54.4 cm³/mol. The number of hydrogen-bond donors (Lipinski definition) is 1. The highest BCUT2D eigenvalue weighted by molar-refractivity contribution is 5.78. The van der Waals surface area contributed by atoms with Crippen molar-refractivity contribution in [2.45, 2.75) is 31.7 Å². The van der Waals surface area contributed by atoms with Crippen LogP contribution in [0.5, 0.6) is 0 Å². The molecule has 0 unspecified atom stereocenters. The molecule has 2 fully saturated rings. The molecule has 0 aliphatic carbocycles. The average Bonchev–Trinajstić information content (AvgIpc) is 2.87. The van der Waals surface area contributed by atoms with Gasteiger partial charge >= 0.3 is 6.16 Å². The van der Waals surface area contributed by atoms with Crippen molar-refractivity contribution in [3.05, 3.63) is 0 Å². The van der Waals surface area contributed by atoms with Gasteiger partial charge in [0.1, 0.15) is 6.61 Å². The Labute approximate surface area is 93.8 Å². The molecule has 0 bridgehead atoms. The molecule has 6 nitrogen and oxygen atoms in total. The summed E-state index contributed by atoms with van der Waals surface area (Å²) in [7, 11) is 0. The SMILES string of the molecule is O=C1CC[C@@H](COC(=O)ON2CCCC2)N1. The van der Waals surface area contributed by atoms with Crippen LogP contribution in [0.1, 0.15) is 25.7 Å². The number of carbonyl (C=O) groups excluding carboxylic acids is 2. The average molecular weight is 228 g/mol. The summed E-state index contributed by atoms with van der Waals surface area (Å²) < 4.78 is 4.92. The van der Waals surface area contributed by atoms with Crippen molar-refractivity contribution in [3.8, 4) is 0 Å². The van der Waals surface area contributed by atoms with Crippen molar-refractivity contribution in [1.29, 1.82) is 0 Å². The van der Waals surface area contributed by atoms with Gasteiger partial charge in [-0.15, -0.1) is 5.06 Å². The van der Waals surface area contributed by atoms with Gasteiger partial charge in [0.2, 0.25) is 5.91 Å². The molecule has 1 amide bonds. The molecule has 0 aromatic rings. The zero-order valence-corrected chi connectivity index (χ0v) is 9.11. The van der Waals surface area contributed by atoms with Gasteiger partial charge in [0.25, 0.3) is 0 Å². The minimum absolute atomic E-state index is 0.0153. The predicted octanol–water partition coefficient (Wildman–Crippen LogP) is 0.429. The van der Waals surface area contributed by atoms with Gasteiger partial charge in [-0.05, 0) is 19.3 Å². The Morgan fingerprint density at radius 1 is 1.44 bits per heavy atom. The second kappa shape index (κ2) is 5.16.